The van der Waals surface area contributed by atoms with Crippen molar-refractivity contribution >= 4 is 16.9 Å². The van der Waals surface area contributed by atoms with Crippen LogP contribution < -0.4 is 10.4 Å². The minimum absolute atomic E-state index is 0.0641. The molecule has 1 aliphatic heterocycles. The number of para-hydroxylation sites is 1. The van der Waals surface area contributed by atoms with Gasteiger partial charge in [-0.2, -0.15) is 0 Å². The average molecular weight is 425 g/mol. The summed E-state index contributed by atoms with van der Waals surface area (Å²) >= 11 is 0. The smallest absolute Gasteiger partial charge is 0.349 e. The average Bonchev–Trinajstić information content (AvgIpc) is 3.26. The molecule has 0 atom stereocenters. The van der Waals surface area contributed by atoms with Crippen molar-refractivity contribution in [2.24, 2.45) is 0 Å². The lowest BCUT2D eigenvalue weighted by atomic mass is 10.1. The van der Waals surface area contributed by atoms with Gasteiger partial charge in [0, 0.05) is 63.0 Å². The standard InChI is InChI=1S/C23H28N4O4/c1-16(2)21-24-7-8-26(21)12-9-25-10-13-27(14-11-25)22(28)18-15-17-5-4-6-19(30-3)20(17)31-23(18)29/h4-8,15-16H,9-14H2,1-3H3. The molecule has 8 nitrogen and oxygen atoms in total. The van der Waals surface area contributed by atoms with Crippen LogP contribution in [0.4, 0.5) is 0 Å². The Balaban J connectivity index is 1.40. The highest BCUT2D eigenvalue weighted by Crippen LogP contribution is 2.24. The highest BCUT2D eigenvalue weighted by Gasteiger charge is 2.25. The second-order valence-corrected chi connectivity index (χ2v) is 8.09. The fraction of sp³-hybridized carbons (Fsp3) is 0.435. The summed E-state index contributed by atoms with van der Waals surface area (Å²) in [6.07, 6.45) is 3.86. The summed E-state index contributed by atoms with van der Waals surface area (Å²) in [6.45, 7) is 8.75. The van der Waals surface area contributed by atoms with Gasteiger partial charge < -0.3 is 18.6 Å². The van der Waals surface area contributed by atoms with Crippen molar-refractivity contribution in [2.75, 3.05) is 39.8 Å². The first kappa shape index (κ1) is 21.1. The fourth-order valence-corrected chi connectivity index (χ4v) is 4.03. The summed E-state index contributed by atoms with van der Waals surface area (Å²) in [6, 6.07) is 6.93. The molecule has 0 bridgehead atoms. The molecule has 0 spiro atoms. The van der Waals surface area contributed by atoms with Crippen molar-refractivity contribution in [2.45, 2.75) is 26.3 Å². The maximum absolute atomic E-state index is 13.0. The third-order valence-corrected chi connectivity index (χ3v) is 5.75. The van der Waals surface area contributed by atoms with Crippen LogP contribution in [0.3, 0.4) is 0 Å². The maximum Gasteiger partial charge on any atom is 0.349 e. The van der Waals surface area contributed by atoms with Crippen molar-refractivity contribution in [3.05, 3.63) is 58.5 Å². The van der Waals surface area contributed by atoms with E-state index in [1.54, 1.807) is 29.2 Å². The van der Waals surface area contributed by atoms with Gasteiger partial charge in [0.25, 0.3) is 5.91 Å². The van der Waals surface area contributed by atoms with E-state index >= 15 is 0 Å². The van der Waals surface area contributed by atoms with Gasteiger partial charge in [-0.25, -0.2) is 9.78 Å². The number of benzene rings is 1. The number of imidazole rings is 1. The second-order valence-electron chi connectivity index (χ2n) is 8.09. The van der Waals surface area contributed by atoms with Gasteiger partial charge in [-0.05, 0) is 12.1 Å². The quantitative estimate of drug-likeness (QED) is 0.566. The van der Waals surface area contributed by atoms with Crippen LogP contribution in [-0.2, 0) is 6.54 Å². The van der Waals surface area contributed by atoms with Crippen LogP contribution >= 0.6 is 0 Å². The third-order valence-electron chi connectivity index (χ3n) is 5.75. The molecule has 1 aliphatic rings. The summed E-state index contributed by atoms with van der Waals surface area (Å²) < 4.78 is 12.8. The predicted octanol–water partition coefficient (Wildman–Crippen LogP) is 2.58. The molecule has 0 aliphatic carbocycles. The van der Waals surface area contributed by atoms with Crippen molar-refractivity contribution < 1.29 is 13.9 Å². The van der Waals surface area contributed by atoms with E-state index in [1.165, 1.54) is 7.11 Å². The number of rotatable bonds is 6. The molecule has 1 amide bonds. The molecule has 1 aromatic carbocycles. The lowest BCUT2D eigenvalue weighted by Gasteiger charge is -2.34. The van der Waals surface area contributed by atoms with Crippen LogP contribution in [0, 0.1) is 0 Å². The van der Waals surface area contributed by atoms with Gasteiger partial charge in [-0.1, -0.05) is 26.0 Å². The molecule has 31 heavy (non-hydrogen) atoms. The Labute approximate surface area is 181 Å². The summed E-state index contributed by atoms with van der Waals surface area (Å²) in [5, 5.41) is 0.669. The van der Waals surface area contributed by atoms with Crippen LogP contribution in [0.15, 0.2) is 45.9 Å². The first-order valence-corrected chi connectivity index (χ1v) is 10.6. The van der Waals surface area contributed by atoms with Crippen LogP contribution in [0.5, 0.6) is 5.75 Å². The van der Waals surface area contributed by atoms with Crippen molar-refractivity contribution in [1.82, 2.24) is 19.4 Å². The van der Waals surface area contributed by atoms with Gasteiger partial charge in [0.05, 0.1) is 7.11 Å². The van der Waals surface area contributed by atoms with Gasteiger partial charge >= 0.3 is 5.63 Å². The molecule has 8 heteroatoms. The number of methoxy groups -OCH3 is 1. The summed E-state index contributed by atoms with van der Waals surface area (Å²) in [7, 11) is 1.52. The van der Waals surface area contributed by atoms with E-state index in [-0.39, 0.29) is 11.5 Å². The van der Waals surface area contributed by atoms with Crippen LogP contribution in [0.1, 0.15) is 35.9 Å². The Kier molecular flexibility index (Phi) is 6.08. The van der Waals surface area contributed by atoms with E-state index in [0.29, 0.717) is 35.7 Å². The lowest BCUT2D eigenvalue weighted by molar-refractivity contribution is 0.0629. The van der Waals surface area contributed by atoms with E-state index < -0.39 is 5.63 Å². The number of fused-ring (bicyclic) bond motifs is 1. The lowest BCUT2D eigenvalue weighted by Crippen LogP contribution is -2.50. The number of carbonyl (C=O) groups is 1. The molecule has 0 radical (unpaired) electrons. The number of hydrogen-bond acceptors (Lipinski definition) is 6. The molecular formula is C23H28N4O4. The molecule has 0 saturated carbocycles. The van der Waals surface area contributed by atoms with E-state index in [0.717, 1.165) is 32.0 Å². The molecule has 3 heterocycles. The minimum atomic E-state index is -0.634. The fourth-order valence-electron chi connectivity index (χ4n) is 4.03. The van der Waals surface area contributed by atoms with Crippen LogP contribution in [0.2, 0.25) is 0 Å². The topological polar surface area (TPSA) is 80.8 Å². The number of hydrogen-bond donors (Lipinski definition) is 0. The number of amides is 1. The van der Waals surface area contributed by atoms with E-state index in [4.69, 9.17) is 9.15 Å². The number of nitrogens with zero attached hydrogens (tertiary/aromatic N) is 4. The second kappa shape index (κ2) is 8.93. The molecule has 1 saturated heterocycles. The number of piperazine rings is 1. The van der Waals surface area contributed by atoms with Crippen molar-refractivity contribution in [1.29, 1.82) is 0 Å². The largest absolute Gasteiger partial charge is 0.493 e. The maximum atomic E-state index is 13.0. The van der Waals surface area contributed by atoms with Crippen LogP contribution in [-0.4, -0.2) is 65.1 Å². The number of carbonyl (C=O) groups excluding carboxylic acids is 1. The van der Waals surface area contributed by atoms with Gasteiger partial charge in [0.1, 0.15) is 11.4 Å². The number of ether oxygens (including phenoxy) is 1. The zero-order valence-electron chi connectivity index (χ0n) is 18.2. The Morgan fingerprint density at radius 3 is 2.68 bits per heavy atom. The molecule has 1 fully saturated rings. The molecule has 164 valence electrons. The van der Waals surface area contributed by atoms with Gasteiger partial charge in [0.15, 0.2) is 11.3 Å². The first-order chi connectivity index (χ1) is 15.0. The van der Waals surface area contributed by atoms with Crippen molar-refractivity contribution in [3.8, 4) is 5.75 Å². The molecule has 4 rings (SSSR count). The summed E-state index contributed by atoms with van der Waals surface area (Å²) in [5.41, 5.74) is -0.211. The van der Waals surface area contributed by atoms with E-state index in [1.807, 2.05) is 12.4 Å². The monoisotopic (exact) mass is 424 g/mol. The zero-order valence-corrected chi connectivity index (χ0v) is 18.2. The van der Waals surface area contributed by atoms with Crippen LogP contribution in [0.25, 0.3) is 11.0 Å². The summed E-state index contributed by atoms with van der Waals surface area (Å²) in [5.74, 6) is 1.67. The molecular weight excluding hydrogens is 396 g/mol. The summed E-state index contributed by atoms with van der Waals surface area (Å²) in [4.78, 5) is 34.0. The predicted molar refractivity (Wildman–Crippen MR) is 118 cm³/mol. The molecule has 3 aromatic rings. The van der Waals surface area contributed by atoms with Gasteiger partial charge in [0.2, 0.25) is 0 Å². The zero-order chi connectivity index (χ0) is 22.0. The van der Waals surface area contributed by atoms with E-state index in [2.05, 4.69) is 28.3 Å². The van der Waals surface area contributed by atoms with Gasteiger partial charge in [-0.15, -0.1) is 0 Å². The highest BCUT2D eigenvalue weighted by atomic mass is 16.5. The Bertz CT molecular complexity index is 1130. The SMILES string of the molecule is COc1cccc2cc(C(=O)N3CCN(CCn4ccnc4C(C)C)CC3)c(=O)oc12. The minimum Gasteiger partial charge on any atom is -0.493 e. The van der Waals surface area contributed by atoms with E-state index in [9.17, 15) is 9.59 Å². The Morgan fingerprint density at radius 2 is 1.97 bits per heavy atom. The third kappa shape index (κ3) is 4.34. The van der Waals surface area contributed by atoms with Gasteiger partial charge in [-0.3, -0.25) is 9.69 Å². The highest BCUT2D eigenvalue weighted by molar-refractivity contribution is 5.97. The Morgan fingerprint density at radius 1 is 1.19 bits per heavy atom. The number of aromatic nitrogens is 2. The van der Waals surface area contributed by atoms with Crippen molar-refractivity contribution in [3.63, 3.8) is 0 Å². The molecule has 0 N–H and O–H groups in total. The first-order valence-electron chi connectivity index (χ1n) is 10.6. The molecule has 0 unspecified atom stereocenters. The Hall–Kier alpha value is -3.13. The normalized spacial score (nSPS) is 15.0. The molecule has 2 aromatic heterocycles.